The summed E-state index contributed by atoms with van der Waals surface area (Å²) in [7, 11) is 5.74. The molecule has 2 N–H and O–H groups in total. The summed E-state index contributed by atoms with van der Waals surface area (Å²) in [6.45, 7) is 2.82. The number of nitrogens with zero attached hydrogens (tertiary/aromatic N) is 5. The van der Waals surface area contributed by atoms with Crippen LogP contribution in [0.25, 0.3) is 11.0 Å². The minimum atomic E-state index is -0.527. The third-order valence-corrected chi connectivity index (χ3v) is 5.66. The molecular formula is C21H26BrN7O2. The van der Waals surface area contributed by atoms with Crippen molar-refractivity contribution >= 4 is 44.5 Å². The highest BCUT2D eigenvalue weighted by atomic mass is 79.9. The molecule has 0 saturated carbocycles. The molecule has 2 aromatic heterocycles. The second kappa shape index (κ2) is 9.29. The molecule has 164 valence electrons. The van der Waals surface area contributed by atoms with Crippen LogP contribution in [0.15, 0.2) is 28.9 Å². The van der Waals surface area contributed by atoms with Gasteiger partial charge in [-0.2, -0.15) is 10.1 Å². The number of fused-ring (bicyclic) bond motifs is 2. The van der Waals surface area contributed by atoms with E-state index in [4.69, 9.17) is 9.72 Å². The van der Waals surface area contributed by atoms with Gasteiger partial charge in [0.25, 0.3) is 0 Å². The summed E-state index contributed by atoms with van der Waals surface area (Å²) in [5, 5.41) is 11.6. The van der Waals surface area contributed by atoms with Gasteiger partial charge in [-0.25, -0.2) is 4.98 Å². The third-order valence-electron chi connectivity index (χ3n) is 5.16. The van der Waals surface area contributed by atoms with E-state index < -0.39 is 5.92 Å². The summed E-state index contributed by atoms with van der Waals surface area (Å²) in [5.74, 6) is -0.147. The highest BCUT2D eigenvalue weighted by Gasteiger charge is 2.35. The first kappa shape index (κ1) is 21.7. The van der Waals surface area contributed by atoms with E-state index in [-0.39, 0.29) is 5.91 Å². The van der Waals surface area contributed by atoms with Gasteiger partial charge in [-0.15, -0.1) is 0 Å². The first-order valence-electron chi connectivity index (χ1n) is 10.2. The smallest absolute Gasteiger partial charge is 0.238 e. The molecule has 9 nitrogen and oxygen atoms in total. The van der Waals surface area contributed by atoms with Crippen molar-refractivity contribution in [2.24, 2.45) is 0 Å². The quantitative estimate of drug-likeness (QED) is 0.447. The summed E-state index contributed by atoms with van der Waals surface area (Å²) in [6.07, 6.45) is 2.84. The largest absolute Gasteiger partial charge is 0.383 e. The lowest BCUT2D eigenvalue weighted by Crippen LogP contribution is -2.18. The third kappa shape index (κ3) is 4.70. The van der Waals surface area contributed by atoms with Gasteiger partial charge in [-0.1, -0.05) is 15.9 Å². The topological polar surface area (TPSA) is 97.2 Å². The molecule has 1 unspecified atom stereocenters. The molecule has 1 aliphatic rings. The maximum atomic E-state index is 13.0. The minimum absolute atomic E-state index is 0.101. The number of ether oxygens (including phenoxy) is 1. The average molecular weight is 488 g/mol. The van der Waals surface area contributed by atoms with Gasteiger partial charge >= 0.3 is 0 Å². The van der Waals surface area contributed by atoms with Crippen LogP contribution in [0.5, 0.6) is 0 Å². The van der Waals surface area contributed by atoms with Crippen LogP contribution in [0.2, 0.25) is 0 Å². The molecule has 3 heterocycles. The van der Waals surface area contributed by atoms with Crippen molar-refractivity contribution in [3.8, 4) is 0 Å². The molecule has 31 heavy (non-hydrogen) atoms. The Morgan fingerprint density at radius 3 is 2.94 bits per heavy atom. The number of methoxy groups -OCH3 is 1. The van der Waals surface area contributed by atoms with Gasteiger partial charge in [-0.3, -0.25) is 9.48 Å². The number of nitrogens with one attached hydrogen (secondary N) is 2. The molecule has 1 aliphatic heterocycles. The van der Waals surface area contributed by atoms with Crippen molar-refractivity contribution in [1.82, 2.24) is 24.6 Å². The molecule has 0 saturated heterocycles. The average Bonchev–Trinajstić information content (AvgIpc) is 3.28. The van der Waals surface area contributed by atoms with E-state index in [9.17, 15) is 4.79 Å². The van der Waals surface area contributed by atoms with Crippen LogP contribution >= 0.6 is 15.9 Å². The number of aromatic nitrogens is 4. The number of benzene rings is 1. The van der Waals surface area contributed by atoms with E-state index in [1.54, 1.807) is 11.8 Å². The fourth-order valence-electron chi connectivity index (χ4n) is 3.67. The van der Waals surface area contributed by atoms with Crippen molar-refractivity contribution in [1.29, 1.82) is 0 Å². The van der Waals surface area contributed by atoms with E-state index >= 15 is 0 Å². The highest BCUT2D eigenvalue weighted by Crippen LogP contribution is 2.40. The number of rotatable bonds is 9. The van der Waals surface area contributed by atoms with Crippen molar-refractivity contribution < 1.29 is 9.53 Å². The molecule has 0 radical (unpaired) electrons. The Labute approximate surface area is 189 Å². The Bertz CT molecular complexity index is 1100. The van der Waals surface area contributed by atoms with Crippen LogP contribution < -0.4 is 10.6 Å². The van der Waals surface area contributed by atoms with Crippen molar-refractivity contribution in [3.05, 3.63) is 40.1 Å². The van der Waals surface area contributed by atoms with Crippen molar-refractivity contribution in [2.75, 3.05) is 51.5 Å². The number of halogens is 1. The summed E-state index contributed by atoms with van der Waals surface area (Å²) < 4.78 is 7.88. The second-order valence-electron chi connectivity index (χ2n) is 7.79. The zero-order valence-electron chi connectivity index (χ0n) is 17.9. The van der Waals surface area contributed by atoms with E-state index in [1.807, 2.05) is 38.5 Å². The predicted molar refractivity (Wildman–Crippen MR) is 123 cm³/mol. The lowest BCUT2D eigenvalue weighted by molar-refractivity contribution is -0.116. The number of amides is 1. The summed E-state index contributed by atoms with van der Waals surface area (Å²) >= 11 is 3.52. The molecule has 0 fully saturated rings. The molecule has 1 aromatic carbocycles. The monoisotopic (exact) mass is 487 g/mol. The van der Waals surface area contributed by atoms with Crippen LogP contribution in [0.3, 0.4) is 0 Å². The normalized spacial score (nSPS) is 15.5. The Morgan fingerprint density at radius 1 is 1.32 bits per heavy atom. The van der Waals surface area contributed by atoms with E-state index in [0.717, 1.165) is 40.6 Å². The van der Waals surface area contributed by atoms with Gasteiger partial charge < -0.3 is 20.3 Å². The van der Waals surface area contributed by atoms with Gasteiger partial charge in [0.2, 0.25) is 11.9 Å². The molecule has 4 rings (SSSR count). The fourth-order valence-corrected chi connectivity index (χ4v) is 4.05. The maximum Gasteiger partial charge on any atom is 0.238 e. The zero-order valence-corrected chi connectivity index (χ0v) is 19.4. The van der Waals surface area contributed by atoms with Gasteiger partial charge in [-0.05, 0) is 50.8 Å². The molecule has 0 aliphatic carbocycles. The molecule has 1 atom stereocenters. The lowest BCUT2D eigenvalue weighted by atomic mass is 9.95. The summed E-state index contributed by atoms with van der Waals surface area (Å²) in [4.78, 5) is 24.5. The highest BCUT2D eigenvalue weighted by molar-refractivity contribution is 9.10. The van der Waals surface area contributed by atoms with Crippen LogP contribution in [-0.2, 0) is 16.1 Å². The summed E-state index contributed by atoms with van der Waals surface area (Å²) in [5.41, 5.74) is 2.91. The number of carbonyl (C=O) groups is 1. The van der Waals surface area contributed by atoms with Gasteiger partial charge in [0.15, 0.2) is 5.65 Å². The number of anilines is 2. The summed E-state index contributed by atoms with van der Waals surface area (Å²) in [6, 6.07) is 5.78. The first-order chi connectivity index (χ1) is 15.0. The number of hydrogen-bond acceptors (Lipinski definition) is 7. The van der Waals surface area contributed by atoms with Crippen LogP contribution in [-0.4, -0.2) is 71.5 Å². The van der Waals surface area contributed by atoms with Crippen LogP contribution in [0, 0.1) is 0 Å². The second-order valence-corrected chi connectivity index (χ2v) is 8.71. The van der Waals surface area contributed by atoms with Gasteiger partial charge in [0.05, 0.1) is 24.2 Å². The lowest BCUT2D eigenvalue weighted by Gasteiger charge is -2.13. The van der Waals surface area contributed by atoms with E-state index in [1.165, 1.54) is 0 Å². The fraction of sp³-hybridized carbons (Fsp3) is 0.429. The Hall–Kier alpha value is -2.56. The SMILES string of the molecule is COCCn1cc2c(C3C(=O)Nc4ccc(Br)cc43)nc(NCCCN(C)C)nc2n1. The zero-order chi connectivity index (χ0) is 22.0. The Morgan fingerprint density at radius 2 is 2.16 bits per heavy atom. The van der Waals surface area contributed by atoms with Crippen LogP contribution in [0.1, 0.15) is 23.6 Å². The van der Waals surface area contributed by atoms with Crippen LogP contribution in [0.4, 0.5) is 11.6 Å². The molecule has 10 heteroatoms. The molecule has 0 bridgehead atoms. The maximum absolute atomic E-state index is 13.0. The van der Waals surface area contributed by atoms with Gasteiger partial charge in [0.1, 0.15) is 5.92 Å². The molecule has 1 amide bonds. The van der Waals surface area contributed by atoms with Crippen molar-refractivity contribution in [2.45, 2.75) is 18.9 Å². The Kier molecular flexibility index (Phi) is 6.49. The minimum Gasteiger partial charge on any atom is -0.383 e. The molecular weight excluding hydrogens is 462 g/mol. The predicted octanol–water partition coefficient (Wildman–Crippen LogP) is 2.68. The van der Waals surface area contributed by atoms with E-state index in [2.05, 4.69) is 41.5 Å². The molecule has 3 aromatic rings. The van der Waals surface area contributed by atoms with E-state index in [0.29, 0.717) is 30.4 Å². The Balaban J connectivity index is 1.74. The number of carbonyl (C=O) groups excluding carboxylic acids is 1. The molecule has 0 spiro atoms. The first-order valence-corrected chi connectivity index (χ1v) is 11.0. The van der Waals surface area contributed by atoms with Crippen molar-refractivity contribution in [3.63, 3.8) is 0 Å². The number of hydrogen-bond donors (Lipinski definition) is 2. The standard InChI is InChI=1S/C21H26BrN7O2/c1-28(2)8-4-7-23-21-25-18(15-12-29(9-10-31-3)27-19(15)26-21)17-14-11-13(22)5-6-16(14)24-20(17)30/h5-6,11-12,17H,4,7-10H2,1-3H3,(H,24,30)(H,23,26,27). The van der Waals surface area contributed by atoms with Gasteiger partial charge in [0, 0.05) is 30.0 Å².